The first-order valence-corrected chi connectivity index (χ1v) is 9.60. The van der Waals surface area contributed by atoms with Crippen molar-refractivity contribution in [1.29, 1.82) is 0 Å². The zero-order valence-electron chi connectivity index (χ0n) is 16.5. The number of carboxylic acids is 1. The Hall–Kier alpha value is -1.80. The van der Waals surface area contributed by atoms with Crippen molar-refractivity contribution in [3.05, 3.63) is 11.8 Å². The number of aliphatic hydroxyl groups excluding tert-OH is 5. The number of nitrogens with one attached hydrogen (secondary N) is 1. The molecule has 4 unspecified atom stereocenters. The largest absolute Gasteiger partial charge is 0.480 e. The van der Waals surface area contributed by atoms with Crippen LogP contribution in [0.2, 0.25) is 0 Å². The predicted octanol–water partition coefficient (Wildman–Crippen LogP) is -2.94. The first-order valence-electron chi connectivity index (χ1n) is 9.60. The van der Waals surface area contributed by atoms with Gasteiger partial charge in [-0.05, 0) is 12.5 Å². The number of carboxylic acid groups (broad SMARTS) is 1. The molecule has 1 saturated heterocycles. The number of carbonyl (C=O) groups excluding carboxylic acids is 1. The van der Waals surface area contributed by atoms with Crippen LogP contribution in [0.15, 0.2) is 11.8 Å². The minimum atomic E-state index is -1.47. The Morgan fingerprint density at radius 2 is 1.77 bits per heavy atom. The van der Waals surface area contributed by atoms with Gasteiger partial charge in [-0.2, -0.15) is 0 Å². The molecule has 172 valence electrons. The Bertz CT molecular complexity index is 627. The van der Waals surface area contributed by atoms with Crippen LogP contribution in [0.1, 0.15) is 19.8 Å². The topological polar surface area (TPSA) is 195 Å². The molecule has 0 spiro atoms. The van der Waals surface area contributed by atoms with Crippen LogP contribution in [0.25, 0.3) is 0 Å². The van der Waals surface area contributed by atoms with E-state index in [1.165, 1.54) is 6.92 Å². The number of hydrogen-bond acceptors (Lipinski definition) is 10. The molecule has 0 saturated carbocycles. The molecule has 7 N–H and O–H groups in total. The fourth-order valence-corrected chi connectivity index (χ4v) is 3.56. The summed E-state index contributed by atoms with van der Waals surface area (Å²) in [5.74, 6) is -2.89. The van der Waals surface area contributed by atoms with Gasteiger partial charge in [-0.25, -0.2) is 4.79 Å². The number of aliphatic hydroxyl groups is 5. The minimum Gasteiger partial charge on any atom is -0.480 e. The molecule has 2 heterocycles. The van der Waals surface area contributed by atoms with Gasteiger partial charge in [0.25, 0.3) is 0 Å². The molecule has 0 aromatic carbocycles. The summed E-state index contributed by atoms with van der Waals surface area (Å²) in [5.41, 5.74) is 0. The van der Waals surface area contributed by atoms with Gasteiger partial charge in [0.2, 0.25) is 11.7 Å². The van der Waals surface area contributed by atoms with Gasteiger partial charge >= 0.3 is 5.97 Å². The third-order valence-corrected chi connectivity index (χ3v) is 5.14. The molecule has 0 bridgehead atoms. The maximum absolute atomic E-state index is 11.3. The molecule has 2 aliphatic rings. The third-order valence-electron chi connectivity index (χ3n) is 5.14. The molecular formula is C18H29NO11. The summed E-state index contributed by atoms with van der Waals surface area (Å²) in [7, 11) is 0. The molecule has 30 heavy (non-hydrogen) atoms. The van der Waals surface area contributed by atoms with E-state index in [1.54, 1.807) is 0 Å². The van der Waals surface area contributed by atoms with E-state index >= 15 is 0 Å². The van der Waals surface area contributed by atoms with Crippen molar-refractivity contribution >= 4 is 11.9 Å². The first-order chi connectivity index (χ1) is 14.1. The van der Waals surface area contributed by atoms with Crippen LogP contribution in [-0.2, 0) is 23.8 Å². The monoisotopic (exact) mass is 435 g/mol. The van der Waals surface area contributed by atoms with Crippen molar-refractivity contribution in [2.75, 3.05) is 19.8 Å². The van der Waals surface area contributed by atoms with E-state index in [2.05, 4.69) is 5.32 Å². The smallest absolute Gasteiger partial charge is 0.370 e. The number of amides is 1. The normalized spacial score (nSPS) is 36.5. The second kappa shape index (κ2) is 11.0. The molecule has 0 aromatic heterocycles. The van der Waals surface area contributed by atoms with Crippen LogP contribution < -0.4 is 5.32 Å². The molecule has 12 nitrogen and oxygen atoms in total. The fourth-order valence-electron chi connectivity index (χ4n) is 3.56. The van der Waals surface area contributed by atoms with Crippen molar-refractivity contribution in [2.45, 2.75) is 62.6 Å². The molecule has 2 aliphatic heterocycles. The molecule has 0 radical (unpaired) electrons. The highest BCUT2D eigenvalue weighted by Crippen LogP contribution is 2.28. The van der Waals surface area contributed by atoms with E-state index in [1.807, 2.05) is 0 Å². The molecule has 12 heteroatoms. The highest BCUT2D eigenvalue weighted by atomic mass is 16.6. The summed E-state index contributed by atoms with van der Waals surface area (Å²) in [6.45, 7) is 0.958. The minimum absolute atomic E-state index is 0.0621. The number of hydrogen-bond donors (Lipinski definition) is 7. The zero-order chi connectivity index (χ0) is 22.4. The van der Waals surface area contributed by atoms with Gasteiger partial charge in [0, 0.05) is 25.9 Å². The van der Waals surface area contributed by atoms with Crippen LogP contribution in [0.5, 0.6) is 0 Å². The lowest BCUT2D eigenvalue weighted by Crippen LogP contribution is -2.61. The highest BCUT2D eigenvalue weighted by Gasteiger charge is 2.44. The zero-order valence-corrected chi connectivity index (χ0v) is 16.5. The Balaban J connectivity index is 1.82. The van der Waals surface area contributed by atoms with E-state index in [9.17, 15) is 35.1 Å². The molecule has 0 aliphatic carbocycles. The van der Waals surface area contributed by atoms with E-state index in [0.29, 0.717) is 0 Å². The van der Waals surface area contributed by atoms with Gasteiger partial charge in [-0.1, -0.05) is 0 Å². The average Bonchev–Trinajstić information content (AvgIpc) is 2.68. The number of ether oxygens (including phenoxy) is 3. The van der Waals surface area contributed by atoms with E-state index in [-0.39, 0.29) is 26.1 Å². The van der Waals surface area contributed by atoms with Crippen LogP contribution in [0.4, 0.5) is 0 Å². The van der Waals surface area contributed by atoms with Gasteiger partial charge in [0.1, 0.15) is 24.4 Å². The Labute approximate surface area is 172 Å². The molecular weight excluding hydrogens is 406 g/mol. The number of aliphatic carboxylic acids is 1. The Morgan fingerprint density at radius 1 is 1.10 bits per heavy atom. The lowest BCUT2D eigenvalue weighted by molar-refractivity contribution is -0.240. The van der Waals surface area contributed by atoms with Crippen molar-refractivity contribution in [3.63, 3.8) is 0 Å². The van der Waals surface area contributed by atoms with Gasteiger partial charge in [0.15, 0.2) is 6.29 Å². The Morgan fingerprint density at radius 3 is 2.37 bits per heavy atom. The van der Waals surface area contributed by atoms with E-state index in [4.69, 9.17) is 19.3 Å². The van der Waals surface area contributed by atoms with Gasteiger partial charge in [-0.15, -0.1) is 0 Å². The summed E-state index contributed by atoms with van der Waals surface area (Å²) in [4.78, 5) is 22.3. The molecule has 1 fully saturated rings. The quantitative estimate of drug-likeness (QED) is 0.183. The summed E-state index contributed by atoms with van der Waals surface area (Å²) in [5, 5.41) is 60.9. The third kappa shape index (κ3) is 6.11. The summed E-state index contributed by atoms with van der Waals surface area (Å²) in [6, 6.07) is -1.05. The lowest BCUT2D eigenvalue weighted by atomic mass is 9.85. The lowest BCUT2D eigenvalue weighted by Gasteiger charge is -2.42. The average molecular weight is 435 g/mol. The molecule has 0 aromatic rings. The van der Waals surface area contributed by atoms with Crippen LogP contribution in [-0.4, -0.2) is 105 Å². The van der Waals surface area contributed by atoms with Crippen LogP contribution in [0.3, 0.4) is 0 Å². The first kappa shape index (κ1) is 24.5. The van der Waals surface area contributed by atoms with Gasteiger partial charge < -0.3 is 50.2 Å². The second-order valence-electron chi connectivity index (χ2n) is 7.29. The Kier molecular flexibility index (Phi) is 8.97. The number of rotatable bonds is 9. The molecule has 1 amide bonds. The van der Waals surface area contributed by atoms with Crippen LogP contribution >= 0.6 is 0 Å². The molecule has 8 atom stereocenters. The van der Waals surface area contributed by atoms with Crippen LogP contribution in [0, 0.1) is 5.92 Å². The second-order valence-corrected chi connectivity index (χ2v) is 7.29. The van der Waals surface area contributed by atoms with Crippen molar-refractivity contribution in [3.8, 4) is 0 Å². The van der Waals surface area contributed by atoms with Crippen molar-refractivity contribution in [2.24, 2.45) is 5.92 Å². The SMILES string of the molecule is CC(=O)NC1C(O)OC(CO)[C@@H](CCOCC[C@@H]2OC(C(=O)O)=C[C@@H](O)C2O)[C@H]1O. The van der Waals surface area contributed by atoms with Gasteiger partial charge in [-0.3, -0.25) is 4.79 Å². The van der Waals surface area contributed by atoms with E-state index < -0.39 is 73.0 Å². The van der Waals surface area contributed by atoms with Crippen molar-refractivity contribution < 1.29 is 54.4 Å². The summed E-state index contributed by atoms with van der Waals surface area (Å²) >= 11 is 0. The maximum Gasteiger partial charge on any atom is 0.370 e. The maximum atomic E-state index is 11.3. The van der Waals surface area contributed by atoms with E-state index in [0.717, 1.165) is 6.08 Å². The highest BCUT2D eigenvalue weighted by molar-refractivity contribution is 5.84. The summed E-state index contributed by atoms with van der Waals surface area (Å²) < 4.78 is 15.9. The molecule has 2 rings (SSSR count). The van der Waals surface area contributed by atoms with Gasteiger partial charge in [0.05, 0.1) is 25.4 Å². The predicted molar refractivity (Wildman–Crippen MR) is 97.7 cm³/mol. The van der Waals surface area contributed by atoms with Crippen molar-refractivity contribution in [1.82, 2.24) is 5.32 Å². The summed E-state index contributed by atoms with van der Waals surface area (Å²) in [6.07, 6.45) is -5.89. The standard InChI is InChI=1S/C18H29NO11/c1-8(21)19-14-15(23)9(13(7-20)30-18(14)27)2-4-28-5-3-11-16(24)10(22)6-12(29-11)17(25)26/h6,9-11,13-16,18,20,22-24,27H,2-5,7H2,1H3,(H,19,21)(H,25,26)/t9-,10-,11+,13?,14?,15-,16?,18?/m1/s1. The number of carbonyl (C=O) groups is 2. The fraction of sp³-hybridized carbons (Fsp3) is 0.778.